The van der Waals surface area contributed by atoms with Gasteiger partial charge < -0.3 is 19.4 Å². The number of carbonyl (C=O) groups excluding carboxylic acids is 2. The van der Waals surface area contributed by atoms with E-state index in [-0.39, 0.29) is 18.4 Å². The molecule has 1 aliphatic carbocycles. The number of imidazole rings is 1. The highest BCUT2D eigenvalue weighted by atomic mass is 16.2. The molecule has 1 saturated heterocycles. The molecule has 0 unspecified atom stereocenters. The predicted octanol–water partition coefficient (Wildman–Crippen LogP) is 4.81. The number of aryl methyl sites for hydroxylation is 1. The number of piperazine rings is 1. The third-order valence-electron chi connectivity index (χ3n) is 7.81. The van der Waals surface area contributed by atoms with Crippen LogP contribution in [-0.2, 0) is 17.9 Å². The van der Waals surface area contributed by atoms with E-state index in [1.165, 1.54) is 34.6 Å². The van der Waals surface area contributed by atoms with Crippen molar-refractivity contribution in [1.82, 2.24) is 24.3 Å². The first-order chi connectivity index (χ1) is 18.1. The van der Waals surface area contributed by atoms with Crippen LogP contribution < -0.4 is 5.32 Å². The van der Waals surface area contributed by atoms with Gasteiger partial charge in [0.1, 0.15) is 5.82 Å². The average Bonchev–Trinajstić information content (AvgIpc) is 3.60. The maximum Gasteiger partial charge on any atom is 0.254 e. The number of nitrogens with one attached hydrogen (secondary N) is 1. The number of hydrogen-bond acceptors (Lipinski definition) is 3. The number of nitrogens with zero attached hydrogens (tertiary/aromatic N) is 4. The van der Waals surface area contributed by atoms with Gasteiger partial charge in [-0.15, -0.1) is 0 Å². The van der Waals surface area contributed by atoms with E-state index in [0.717, 1.165) is 35.5 Å². The maximum atomic E-state index is 13.1. The van der Waals surface area contributed by atoms with Crippen molar-refractivity contribution in [3.05, 3.63) is 66.2 Å². The minimum Gasteiger partial charge on any atom is -0.353 e. The van der Waals surface area contributed by atoms with Crippen LogP contribution in [0.3, 0.4) is 0 Å². The Hall–Kier alpha value is -4.13. The second-order valence-electron chi connectivity index (χ2n) is 10.3. The van der Waals surface area contributed by atoms with E-state index in [1.54, 1.807) is 4.90 Å². The summed E-state index contributed by atoms with van der Waals surface area (Å²) in [5, 5.41) is 5.27. The van der Waals surface area contributed by atoms with Gasteiger partial charge in [-0.05, 0) is 68.1 Å². The first-order valence-corrected chi connectivity index (χ1v) is 13.2. The lowest BCUT2D eigenvalue weighted by Crippen LogP contribution is -2.49. The van der Waals surface area contributed by atoms with Crippen molar-refractivity contribution < 1.29 is 9.59 Å². The zero-order valence-electron chi connectivity index (χ0n) is 20.9. The van der Waals surface area contributed by atoms with Crippen molar-refractivity contribution in [2.24, 2.45) is 5.92 Å². The molecule has 1 saturated carbocycles. The molecule has 2 aliphatic rings. The van der Waals surface area contributed by atoms with Crippen LogP contribution in [0.25, 0.3) is 44.2 Å². The lowest BCUT2D eigenvalue weighted by Gasteiger charge is -2.26. The second kappa shape index (κ2) is 8.47. The lowest BCUT2D eigenvalue weighted by molar-refractivity contribution is -0.123. The number of aromatic nitrogens is 3. The molecule has 3 aromatic carbocycles. The third-order valence-corrected chi connectivity index (χ3v) is 7.81. The predicted molar refractivity (Wildman–Crippen MR) is 145 cm³/mol. The van der Waals surface area contributed by atoms with Crippen molar-refractivity contribution in [3.8, 4) is 11.4 Å². The number of benzene rings is 3. The van der Waals surface area contributed by atoms with Gasteiger partial charge in [0.25, 0.3) is 5.91 Å². The zero-order valence-corrected chi connectivity index (χ0v) is 20.9. The van der Waals surface area contributed by atoms with Gasteiger partial charge in [0, 0.05) is 59.1 Å². The number of carbonyl (C=O) groups is 2. The highest BCUT2D eigenvalue weighted by Gasteiger charge is 2.27. The van der Waals surface area contributed by atoms with Crippen molar-refractivity contribution in [3.63, 3.8) is 0 Å². The summed E-state index contributed by atoms with van der Waals surface area (Å²) in [7, 11) is 0. The van der Waals surface area contributed by atoms with Crippen LogP contribution in [0.2, 0.25) is 0 Å². The van der Waals surface area contributed by atoms with Gasteiger partial charge in [-0.2, -0.15) is 0 Å². The topological polar surface area (TPSA) is 72.2 Å². The van der Waals surface area contributed by atoms with Gasteiger partial charge in [0.15, 0.2) is 0 Å². The summed E-state index contributed by atoms with van der Waals surface area (Å²) in [6, 6.07) is 21.0. The molecule has 2 fully saturated rings. The van der Waals surface area contributed by atoms with Crippen LogP contribution in [-0.4, -0.2) is 50.5 Å². The molecule has 0 radical (unpaired) electrons. The highest BCUT2D eigenvalue weighted by Crippen LogP contribution is 2.37. The van der Waals surface area contributed by atoms with Gasteiger partial charge in [-0.25, -0.2) is 4.98 Å². The van der Waals surface area contributed by atoms with Gasteiger partial charge in [-0.1, -0.05) is 18.2 Å². The van der Waals surface area contributed by atoms with Gasteiger partial charge in [0.2, 0.25) is 5.91 Å². The van der Waals surface area contributed by atoms with E-state index in [0.29, 0.717) is 24.6 Å². The van der Waals surface area contributed by atoms with Crippen molar-refractivity contribution >= 4 is 44.7 Å². The fourth-order valence-corrected chi connectivity index (χ4v) is 5.75. The molecule has 7 rings (SSSR count). The largest absolute Gasteiger partial charge is 0.353 e. The third kappa shape index (κ3) is 3.68. The molecule has 2 aromatic heterocycles. The summed E-state index contributed by atoms with van der Waals surface area (Å²) in [5.41, 5.74) is 6.01. The Bertz CT molecular complexity index is 1710. The van der Waals surface area contributed by atoms with Gasteiger partial charge in [0.05, 0.1) is 17.6 Å². The number of amides is 2. The summed E-state index contributed by atoms with van der Waals surface area (Å²) in [6.45, 7) is 5.14. The maximum absolute atomic E-state index is 13.1. The van der Waals surface area contributed by atoms with Gasteiger partial charge >= 0.3 is 0 Å². The van der Waals surface area contributed by atoms with Crippen molar-refractivity contribution in [2.75, 3.05) is 19.6 Å². The fourth-order valence-electron chi connectivity index (χ4n) is 5.75. The van der Waals surface area contributed by atoms with Crippen molar-refractivity contribution in [1.29, 1.82) is 0 Å². The molecule has 5 aromatic rings. The number of rotatable bonds is 5. The number of hydrogen-bond donors (Lipinski definition) is 1. The smallest absolute Gasteiger partial charge is 0.254 e. The quantitative estimate of drug-likeness (QED) is 0.383. The minimum absolute atomic E-state index is 0.101. The van der Waals surface area contributed by atoms with Crippen LogP contribution >= 0.6 is 0 Å². The highest BCUT2D eigenvalue weighted by molar-refractivity contribution is 6.09. The lowest BCUT2D eigenvalue weighted by atomic mass is 10.1. The van der Waals surface area contributed by atoms with Crippen LogP contribution in [0.1, 0.15) is 30.1 Å². The molecule has 186 valence electrons. The normalized spacial score (nSPS) is 16.1. The Kier molecular flexibility index (Phi) is 5.06. The van der Waals surface area contributed by atoms with Crippen LogP contribution in [0.5, 0.6) is 0 Å². The Morgan fingerprint density at radius 2 is 1.78 bits per heavy atom. The molecule has 0 spiro atoms. The molecular weight excluding hydrogens is 462 g/mol. The molecule has 1 aliphatic heterocycles. The SMILES string of the molecule is CCn1c2ccccc2c2cc(-c3nc4cc(C(=O)N5CCNC(=O)C5)ccc4n3CC3CC3)ccc21. The molecule has 3 heterocycles. The standard InChI is InChI=1S/C30H29N5O2/c1-2-34-25-6-4-3-5-22(25)23-15-20(9-11-26(23)34)29-32-24-16-21(30(37)33-14-13-31-28(36)18-33)10-12-27(24)35(29)17-19-7-8-19/h3-6,9-12,15-16,19H,2,7-8,13-14,17-18H2,1H3,(H,31,36). The minimum atomic E-state index is -0.121. The molecule has 7 heteroatoms. The van der Waals surface area contributed by atoms with Crippen LogP contribution in [0, 0.1) is 5.92 Å². The van der Waals surface area contributed by atoms with Crippen molar-refractivity contribution in [2.45, 2.75) is 32.9 Å². The molecular formula is C30H29N5O2. The van der Waals surface area contributed by atoms with E-state index in [2.05, 4.69) is 63.8 Å². The number of fused-ring (bicyclic) bond motifs is 4. The monoisotopic (exact) mass is 491 g/mol. The summed E-state index contributed by atoms with van der Waals surface area (Å²) < 4.78 is 4.69. The van der Waals surface area contributed by atoms with E-state index < -0.39 is 0 Å². The Labute approximate surface area is 214 Å². The van der Waals surface area contributed by atoms with Crippen LogP contribution in [0.4, 0.5) is 0 Å². The van der Waals surface area contributed by atoms with Gasteiger partial charge in [-0.3, -0.25) is 9.59 Å². The Morgan fingerprint density at radius 3 is 2.59 bits per heavy atom. The van der Waals surface area contributed by atoms with E-state index in [4.69, 9.17) is 4.98 Å². The summed E-state index contributed by atoms with van der Waals surface area (Å²) >= 11 is 0. The Morgan fingerprint density at radius 1 is 0.973 bits per heavy atom. The molecule has 0 bridgehead atoms. The second-order valence-corrected chi connectivity index (χ2v) is 10.3. The molecule has 37 heavy (non-hydrogen) atoms. The van der Waals surface area contributed by atoms with E-state index in [9.17, 15) is 9.59 Å². The molecule has 7 nitrogen and oxygen atoms in total. The van der Waals surface area contributed by atoms with E-state index >= 15 is 0 Å². The fraction of sp³-hybridized carbons (Fsp3) is 0.300. The van der Waals surface area contributed by atoms with Crippen LogP contribution in [0.15, 0.2) is 60.7 Å². The zero-order chi connectivity index (χ0) is 25.1. The molecule has 2 amide bonds. The molecule has 1 N–H and O–H groups in total. The first kappa shape index (κ1) is 22.1. The Balaban J connectivity index is 1.35. The first-order valence-electron chi connectivity index (χ1n) is 13.2. The summed E-state index contributed by atoms with van der Waals surface area (Å²) in [5.74, 6) is 1.38. The van der Waals surface area contributed by atoms with E-state index in [1.807, 2.05) is 18.2 Å². The summed E-state index contributed by atoms with van der Waals surface area (Å²) in [4.78, 5) is 31.7. The summed E-state index contributed by atoms with van der Waals surface area (Å²) in [6.07, 6.45) is 2.49. The number of para-hydroxylation sites is 1. The average molecular weight is 492 g/mol. The molecule has 0 atom stereocenters.